The smallest absolute Gasteiger partial charge is 0.129 e. The molecule has 1 saturated heterocycles. The summed E-state index contributed by atoms with van der Waals surface area (Å²) in [7, 11) is 0. The van der Waals surface area contributed by atoms with Crippen LogP contribution in [-0.2, 0) is 0 Å². The number of nitriles is 1. The third-order valence-electron chi connectivity index (χ3n) is 3.96. The highest BCUT2D eigenvalue weighted by Gasteiger charge is 2.21. The van der Waals surface area contributed by atoms with Gasteiger partial charge in [0.15, 0.2) is 0 Å². The molecule has 102 valence electrons. The average molecular weight is 266 g/mol. The zero-order chi connectivity index (χ0) is 13.9. The molecule has 3 rings (SSSR count). The van der Waals surface area contributed by atoms with Crippen LogP contribution in [0.3, 0.4) is 0 Å². The molecule has 1 aliphatic heterocycles. The lowest BCUT2D eigenvalue weighted by Crippen LogP contribution is -2.49. The SMILES string of the molecule is CC(C#N)N1CCN(c2ccc3ccccc3n2)CC1. The molecular weight excluding hydrogens is 248 g/mol. The fourth-order valence-electron chi connectivity index (χ4n) is 2.65. The normalized spacial score (nSPS) is 17.9. The van der Waals surface area contributed by atoms with Gasteiger partial charge in [-0.15, -0.1) is 0 Å². The molecule has 0 bridgehead atoms. The summed E-state index contributed by atoms with van der Waals surface area (Å²) in [6, 6.07) is 14.7. The Balaban J connectivity index is 1.75. The number of hydrogen-bond donors (Lipinski definition) is 0. The van der Waals surface area contributed by atoms with Crippen LogP contribution in [0, 0.1) is 11.3 Å². The minimum atomic E-state index is 0.00159. The molecule has 2 aromatic rings. The van der Waals surface area contributed by atoms with E-state index >= 15 is 0 Å². The molecule has 0 amide bonds. The molecular formula is C16H18N4. The van der Waals surface area contributed by atoms with Crippen molar-refractivity contribution < 1.29 is 0 Å². The molecule has 0 spiro atoms. The van der Waals surface area contributed by atoms with E-state index in [1.807, 2.05) is 25.1 Å². The van der Waals surface area contributed by atoms with Crippen LogP contribution in [0.5, 0.6) is 0 Å². The average Bonchev–Trinajstić information content (AvgIpc) is 2.54. The van der Waals surface area contributed by atoms with Gasteiger partial charge in [0.1, 0.15) is 5.82 Å². The number of para-hydroxylation sites is 1. The second kappa shape index (κ2) is 5.48. The molecule has 1 unspecified atom stereocenters. The maximum absolute atomic E-state index is 8.97. The van der Waals surface area contributed by atoms with Crippen LogP contribution in [0.25, 0.3) is 10.9 Å². The van der Waals surface area contributed by atoms with Gasteiger partial charge in [0.2, 0.25) is 0 Å². The number of piperazine rings is 1. The number of rotatable bonds is 2. The van der Waals surface area contributed by atoms with Crippen molar-refractivity contribution in [3.8, 4) is 6.07 Å². The Labute approximate surface area is 119 Å². The van der Waals surface area contributed by atoms with Gasteiger partial charge >= 0.3 is 0 Å². The molecule has 4 nitrogen and oxygen atoms in total. The molecule has 1 atom stereocenters. The summed E-state index contributed by atoms with van der Waals surface area (Å²) in [4.78, 5) is 9.25. The van der Waals surface area contributed by atoms with E-state index in [0.29, 0.717) is 0 Å². The molecule has 1 aromatic carbocycles. The molecule has 2 heterocycles. The van der Waals surface area contributed by atoms with E-state index in [9.17, 15) is 0 Å². The van der Waals surface area contributed by atoms with Crippen LogP contribution in [-0.4, -0.2) is 42.1 Å². The number of benzene rings is 1. The fourth-order valence-corrected chi connectivity index (χ4v) is 2.65. The molecule has 20 heavy (non-hydrogen) atoms. The first-order valence-electron chi connectivity index (χ1n) is 7.02. The zero-order valence-corrected chi connectivity index (χ0v) is 11.7. The molecule has 1 fully saturated rings. The number of fused-ring (bicyclic) bond motifs is 1. The summed E-state index contributed by atoms with van der Waals surface area (Å²) in [5.74, 6) is 1.04. The van der Waals surface area contributed by atoms with Crippen LogP contribution >= 0.6 is 0 Å². The lowest BCUT2D eigenvalue weighted by atomic mass is 10.2. The van der Waals surface area contributed by atoms with Crippen LogP contribution < -0.4 is 4.90 Å². The topological polar surface area (TPSA) is 43.2 Å². The molecule has 0 saturated carbocycles. The molecule has 0 aliphatic carbocycles. The van der Waals surface area contributed by atoms with Gasteiger partial charge in [-0.05, 0) is 25.1 Å². The Kier molecular flexibility index (Phi) is 3.53. The van der Waals surface area contributed by atoms with Crippen LogP contribution in [0.1, 0.15) is 6.92 Å². The molecule has 0 N–H and O–H groups in total. The summed E-state index contributed by atoms with van der Waals surface area (Å²) in [5, 5.41) is 10.1. The van der Waals surface area contributed by atoms with Gasteiger partial charge in [0, 0.05) is 31.6 Å². The predicted molar refractivity (Wildman–Crippen MR) is 80.6 cm³/mol. The molecule has 0 radical (unpaired) electrons. The van der Waals surface area contributed by atoms with Gasteiger partial charge in [-0.3, -0.25) is 4.90 Å². The minimum absolute atomic E-state index is 0.00159. The first-order valence-corrected chi connectivity index (χ1v) is 7.02. The van der Waals surface area contributed by atoms with Crippen molar-refractivity contribution in [2.75, 3.05) is 31.1 Å². The van der Waals surface area contributed by atoms with Crippen molar-refractivity contribution >= 4 is 16.7 Å². The number of hydrogen-bond acceptors (Lipinski definition) is 4. The second-order valence-corrected chi connectivity index (χ2v) is 5.19. The van der Waals surface area contributed by atoms with E-state index in [0.717, 1.165) is 37.5 Å². The van der Waals surface area contributed by atoms with Gasteiger partial charge in [0.25, 0.3) is 0 Å². The molecule has 1 aliphatic rings. The van der Waals surface area contributed by atoms with Crippen LogP contribution in [0.4, 0.5) is 5.82 Å². The summed E-state index contributed by atoms with van der Waals surface area (Å²) in [6.07, 6.45) is 0. The first-order chi connectivity index (χ1) is 9.78. The number of nitrogens with zero attached hydrogens (tertiary/aromatic N) is 4. The number of pyridine rings is 1. The Morgan fingerprint density at radius 2 is 1.85 bits per heavy atom. The summed E-state index contributed by atoms with van der Waals surface area (Å²) in [5.41, 5.74) is 1.04. The maximum Gasteiger partial charge on any atom is 0.129 e. The van der Waals surface area contributed by atoms with Gasteiger partial charge < -0.3 is 4.90 Å². The number of anilines is 1. The molecule has 4 heteroatoms. The second-order valence-electron chi connectivity index (χ2n) is 5.19. The lowest BCUT2D eigenvalue weighted by molar-refractivity contribution is 0.231. The highest BCUT2D eigenvalue weighted by atomic mass is 15.3. The van der Waals surface area contributed by atoms with Gasteiger partial charge in [0.05, 0.1) is 17.6 Å². The Hall–Kier alpha value is -2.12. The minimum Gasteiger partial charge on any atom is -0.354 e. The van der Waals surface area contributed by atoms with Crippen molar-refractivity contribution in [2.45, 2.75) is 13.0 Å². The predicted octanol–water partition coefficient (Wildman–Crippen LogP) is 2.27. The van der Waals surface area contributed by atoms with E-state index in [-0.39, 0.29) is 6.04 Å². The van der Waals surface area contributed by atoms with E-state index < -0.39 is 0 Å². The summed E-state index contributed by atoms with van der Waals surface area (Å²) >= 11 is 0. The van der Waals surface area contributed by atoms with Crippen LogP contribution in [0.15, 0.2) is 36.4 Å². The number of aromatic nitrogens is 1. The van der Waals surface area contributed by atoms with Crippen molar-refractivity contribution in [3.05, 3.63) is 36.4 Å². The van der Waals surface area contributed by atoms with Crippen LogP contribution in [0.2, 0.25) is 0 Å². The van der Waals surface area contributed by atoms with Gasteiger partial charge in [-0.1, -0.05) is 18.2 Å². The van der Waals surface area contributed by atoms with E-state index in [4.69, 9.17) is 10.2 Å². The van der Waals surface area contributed by atoms with Crippen molar-refractivity contribution in [1.82, 2.24) is 9.88 Å². The standard InChI is InChI=1S/C16H18N4/c1-13(12-17)19-8-10-20(11-9-19)16-7-6-14-4-2-3-5-15(14)18-16/h2-7,13H,8-11H2,1H3. The Morgan fingerprint density at radius 1 is 1.10 bits per heavy atom. The lowest BCUT2D eigenvalue weighted by Gasteiger charge is -2.36. The monoisotopic (exact) mass is 266 g/mol. The van der Waals surface area contributed by atoms with Gasteiger partial charge in [-0.2, -0.15) is 5.26 Å². The maximum atomic E-state index is 8.97. The fraction of sp³-hybridized carbons (Fsp3) is 0.375. The highest BCUT2D eigenvalue weighted by molar-refractivity contribution is 5.80. The van der Waals surface area contributed by atoms with E-state index in [2.05, 4.69) is 34.1 Å². The van der Waals surface area contributed by atoms with Crippen molar-refractivity contribution in [2.24, 2.45) is 0 Å². The Bertz CT molecular complexity index is 638. The van der Waals surface area contributed by atoms with E-state index in [1.165, 1.54) is 5.39 Å². The third-order valence-corrected chi connectivity index (χ3v) is 3.96. The summed E-state index contributed by atoms with van der Waals surface area (Å²) in [6.45, 7) is 5.66. The largest absolute Gasteiger partial charge is 0.354 e. The zero-order valence-electron chi connectivity index (χ0n) is 11.7. The highest BCUT2D eigenvalue weighted by Crippen LogP contribution is 2.19. The van der Waals surface area contributed by atoms with Crippen molar-refractivity contribution in [3.63, 3.8) is 0 Å². The quantitative estimate of drug-likeness (QED) is 0.836. The molecule has 1 aromatic heterocycles. The summed E-state index contributed by atoms with van der Waals surface area (Å²) < 4.78 is 0. The Morgan fingerprint density at radius 3 is 2.60 bits per heavy atom. The van der Waals surface area contributed by atoms with Crippen molar-refractivity contribution in [1.29, 1.82) is 5.26 Å². The third kappa shape index (κ3) is 2.45. The van der Waals surface area contributed by atoms with Gasteiger partial charge in [-0.25, -0.2) is 4.98 Å². The van der Waals surface area contributed by atoms with E-state index in [1.54, 1.807) is 0 Å². The first kappa shape index (κ1) is 12.9.